The number of nitrogens with zero attached hydrogens (tertiary/aromatic N) is 2. The molecule has 0 bridgehead atoms. The predicted molar refractivity (Wildman–Crippen MR) is 91.5 cm³/mol. The summed E-state index contributed by atoms with van der Waals surface area (Å²) in [4.78, 5) is 34.2. The van der Waals surface area contributed by atoms with Crippen LogP contribution in [0.3, 0.4) is 0 Å². The highest BCUT2D eigenvalue weighted by atomic mass is 32.2. The van der Waals surface area contributed by atoms with Crippen LogP contribution in [0.5, 0.6) is 0 Å². The van der Waals surface area contributed by atoms with Gasteiger partial charge in [0, 0.05) is 23.1 Å². The molecule has 6 nitrogen and oxygen atoms in total. The Kier molecular flexibility index (Phi) is 4.54. The highest BCUT2D eigenvalue weighted by Crippen LogP contribution is 2.42. The number of aromatic nitrogens is 2. The Balaban J connectivity index is 1.83. The molecule has 0 unspecified atom stereocenters. The number of aryl methyl sites for hydroxylation is 2. The van der Waals surface area contributed by atoms with E-state index in [-0.39, 0.29) is 17.6 Å². The number of hydrazine groups is 1. The zero-order valence-electron chi connectivity index (χ0n) is 13.2. The molecule has 1 saturated carbocycles. The third-order valence-corrected chi connectivity index (χ3v) is 5.75. The summed E-state index contributed by atoms with van der Waals surface area (Å²) in [6, 6.07) is 0. The van der Waals surface area contributed by atoms with E-state index < -0.39 is 0 Å². The molecule has 2 heterocycles. The Labute approximate surface area is 142 Å². The minimum Gasteiger partial charge on any atom is -0.274 e. The van der Waals surface area contributed by atoms with E-state index in [1.165, 1.54) is 29.1 Å². The van der Waals surface area contributed by atoms with Crippen LogP contribution in [0, 0.1) is 13.8 Å². The second kappa shape index (κ2) is 6.45. The molecule has 1 fully saturated rings. The number of hydrogen-bond acceptors (Lipinski definition) is 6. The number of carbonyl (C=O) groups is 2. The summed E-state index contributed by atoms with van der Waals surface area (Å²) in [6.45, 7) is 5.49. The van der Waals surface area contributed by atoms with E-state index in [9.17, 15) is 9.59 Å². The summed E-state index contributed by atoms with van der Waals surface area (Å²) in [7, 11) is 0. The molecule has 122 valence electrons. The Bertz CT molecular complexity index is 783. The van der Waals surface area contributed by atoms with Gasteiger partial charge in [0.25, 0.3) is 0 Å². The van der Waals surface area contributed by atoms with Gasteiger partial charge < -0.3 is 0 Å². The fourth-order valence-electron chi connectivity index (χ4n) is 2.18. The number of carbonyl (C=O) groups excluding carboxylic acids is 2. The Morgan fingerprint density at radius 3 is 2.65 bits per heavy atom. The van der Waals surface area contributed by atoms with Crippen molar-refractivity contribution in [2.75, 3.05) is 5.75 Å². The molecule has 1 aliphatic carbocycles. The molecule has 0 saturated heterocycles. The number of rotatable bonds is 4. The lowest BCUT2D eigenvalue weighted by atomic mass is 10.2. The lowest BCUT2D eigenvalue weighted by Crippen LogP contribution is -2.41. The fraction of sp³-hybridized carbons (Fsp3) is 0.467. The van der Waals surface area contributed by atoms with E-state index in [1.54, 1.807) is 11.3 Å². The summed E-state index contributed by atoms with van der Waals surface area (Å²) in [5.74, 6) is 1.01. The van der Waals surface area contributed by atoms with Crippen LogP contribution >= 0.6 is 23.1 Å². The minimum absolute atomic E-state index is 0.199. The average Bonchev–Trinajstić information content (AvgIpc) is 3.30. The number of nitrogens with one attached hydrogen (secondary N) is 2. The molecule has 2 N–H and O–H groups in total. The maximum Gasteiger partial charge on any atom is 0.248 e. The molecule has 1 aliphatic rings. The van der Waals surface area contributed by atoms with Crippen molar-refractivity contribution in [3.8, 4) is 0 Å². The topological polar surface area (TPSA) is 84.0 Å². The van der Waals surface area contributed by atoms with Crippen LogP contribution in [0.4, 0.5) is 0 Å². The molecule has 0 aliphatic heterocycles. The van der Waals surface area contributed by atoms with Gasteiger partial charge in [-0.3, -0.25) is 20.4 Å². The van der Waals surface area contributed by atoms with Crippen molar-refractivity contribution in [1.29, 1.82) is 0 Å². The van der Waals surface area contributed by atoms with Crippen LogP contribution < -0.4 is 10.9 Å². The van der Waals surface area contributed by atoms with Gasteiger partial charge in [0.05, 0.1) is 5.75 Å². The second-order valence-corrected chi connectivity index (χ2v) is 7.81. The maximum atomic E-state index is 11.8. The van der Waals surface area contributed by atoms with Crippen LogP contribution in [0.15, 0.2) is 5.03 Å². The Morgan fingerprint density at radius 2 is 2.00 bits per heavy atom. The normalized spacial score (nSPS) is 14.0. The molecule has 2 amide bonds. The van der Waals surface area contributed by atoms with Crippen molar-refractivity contribution in [3.05, 3.63) is 16.3 Å². The lowest BCUT2D eigenvalue weighted by molar-refractivity contribution is -0.126. The number of thiophene rings is 1. The number of amides is 2. The predicted octanol–water partition coefficient (Wildman–Crippen LogP) is 2.44. The smallest absolute Gasteiger partial charge is 0.248 e. The molecule has 0 spiro atoms. The first-order chi connectivity index (χ1) is 11.0. The Morgan fingerprint density at radius 1 is 1.26 bits per heavy atom. The minimum atomic E-state index is -0.298. The van der Waals surface area contributed by atoms with Gasteiger partial charge in [-0.15, -0.1) is 11.3 Å². The zero-order chi connectivity index (χ0) is 16.6. The van der Waals surface area contributed by atoms with E-state index in [0.717, 1.165) is 33.9 Å². The second-order valence-electron chi connectivity index (χ2n) is 5.64. The zero-order valence-corrected chi connectivity index (χ0v) is 14.9. The molecule has 0 atom stereocenters. The van der Waals surface area contributed by atoms with Crippen LogP contribution in [0.1, 0.15) is 41.9 Å². The highest BCUT2D eigenvalue weighted by Gasteiger charge is 2.28. The molecular weight excluding hydrogens is 332 g/mol. The standard InChI is InChI=1S/C15H18N4O2S2/c1-7-8(2)23-15-12(7)14(16-13(17-15)10-4-5-10)22-6-11(21)19-18-9(3)20/h10H,4-6H2,1-3H3,(H,18,20)(H,19,21). The van der Waals surface area contributed by atoms with Crippen LogP contribution in [0.2, 0.25) is 0 Å². The summed E-state index contributed by atoms with van der Waals surface area (Å²) < 4.78 is 0. The lowest BCUT2D eigenvalue weighted by Gasteiger charge is -2.07. The highest BCUT2D eigenvalue weighted by molar-refractivity contribution is 8.00. The van der Waals surface area contributed by atoms with E-state index >= 15 is 0 Å². The van der Waals surface area contributed by atoms with Crippen molar-refractivity contribution in [2.24, 2.45) is 0 Å². The van der Waals surface area contributed by atoms with Crippen LogP contribution in [-0.2, 0) is 9.59 Å². The maximum absolute atomic E-state index is 11.8. The van der Waals surface area contributed by atoms with Crippen molar-refractivity contribution >= 4 is 45.1 Å². The fourth-order valence-corrected chi connectivity index (χ4v) is 4.18. The van der Waals surface area contributed by atoms with Gasteiger partial charge in [-0.1, -0.05) is 11.8 Å². The molecule has 3 rings (SSSR count). The van der Waals surface area contributed by atoms with Crippen molar-refractivity contribution < 1.29 is 9.59 Å². The van der Waals surface area contributed by atoms with E-state index in [0.29, 0.717) is 5.92 Å². The molecule has 8 heteroatoms. The molecule has 0 aromatic carbocycles. The van der Waals surface area contributed by atoms with Crippen molar-refractivity contribution in [2.45, 2.75) is 44.6 Å². The molecule has 2 aromatic rings. The molecule has 0 radical (unpaired) electrons. The van der Waals surface area contributed by atoms with Crippen molar-refractivity contribution in [1.82, 2.24) is 20.8 Å². The van der Waals surface area contributed by atoms with E-state index in [2.05, 4.69) is 24.7 Å². The monoisotopic (exact) mass is 350 g/mol. The van der Waals surface area contributed by atoms with Gasteiger partial charge in [-0.25, -0.2) is 9.97 Å². The van der Waals surface area contributed by atoms with Gasteiger partial charge in [0.2, 0.25) is 11.8 Å². The first-order valence-electron chi connectivity index (χ1n) is 7.41. The number of thioether (sulfide) groups is 1. The summed E-state index contributed by atoms with van der Waals surface area (Å²) in [6.07, 6.45) is 2.28. The molecule has 23 heavy (non-hydrogen) atoms. The van der Waals surface area contributed by atoms with Gasteiger partial charge in [-0.2, -0.15) is 0 Å². The van der Waals surface area contributed by atoms with E-state index in [1.807, 2.05) is 0 Å². The first kappa shape index (κ1) is 16.2. The first-order valence-corrected chi connectivity index (χ1v) is 9.21. The number of hydrogen-bond donors (Lipinski definition) is 2. The SMILES string of the molecule is CC(=O)NNC(=O)CSc1nc(C2CC2)nc2sc(C)c(C)c12. The molecular formula is C15H18N4O2S2. The summed E-state index contributed by atoms with van der Waals surface area (Å²) in [5.41, 5.74) is 5.84. The van der Waals surface area contributed by atoms with Gasteiger partial charge in [-0.05, 0) is 32.3 Å². The van der Waals surface area contributed by atoms with Crippen LogP contribution in [0.25, 0.3) is 10.2 Å². The van der Waals surface area contributed by atoms with Gasteiger partial charge in [0.1, 0.15) is 15.7 Å². The number of fused-ring (bicyclic) bond motifs is 1. The van der Waals surface area contributed by atoms with Gasteiger partial charge in [0.15, 0.2) is 0 Å². The third-order valence-electron chi connectivity index (χ3n) is 3.67. The van der Waals surface area contributed by atoms with Crippen LogP contribution in [-0.4, -0.2) is 27.5 Å². The Hall–Kier alpha value is -1.67. The third kappa shape index (κ3) is 3.64. The van der Waals surface area contributed by atoms with Gasteiger partial charge >= 0.3 is 0 Å². The average molecular weight is 350 g/mol. The summed E-state index contributed by atoms with van der Waals surface area (Å²) in [5, 5.41) is 1.91. The largest absolute Gasteiger partial charge is 0.274 e. The summed E-state index contributed by atoms with van der Waals surface area (Å²) >= 11 is 3.07. The quantitative estimate of drug-likeness (QED) is 0.503. The van der Waals surface area contributed by atoms with Crippen molar-refractivity contribution in [3.63, 3.8) is 0 Å². The molecule has 2 aromatic heterocycles. The van der Waals surface area contributed by atoms with E-state index in [4.69, 9.17) is 9.97 Å².